The molecule has 1 saturated carbocycles. The summed E-state index contributed by atoms with van der Waals surface area (Å²) in [6, 6.07) is 4.85. The Hall–Kier alpha value is -1.63. The predicted molar refractivity (Wildman–Crippen MR) is 85.5 cm³/mol. The maximum Gasteiger partial charge on any atom is 0.317 e. The average molecular weight is 340 g/mol. The zero-order chi connectivity index (χ0) is 16.4. The quantitative estimate of drug-likeness (QED) is 0.916. The van der Waals surface area contributed by atoms with Gasteiger partial charge in [-0.1, -0.05) is 12.1 Å². The number of halogens is 1. The molecule has 1 aliphatic heterocycles. The highest BCUT2D eigenvalue weighted by atomic mass is 32.2. The molecule has 1 aromatic rings. The average Bonchev–Trinajstić information content (AvgIpc) is 3.33. The Balaban J connectivity index is 1.56. The minimum absolute atomic E-state index is 0.00906. The van der Waals surface area contributed by atoms with E-state index in [1.807, 2.05) is 6.07 Å². The van der Waals surface area contributed by atoms with Crippen LogP contribution in [0.5, 0.6) is 0 Å². The van der Waals surface area contributed by atoms with Gasteiger partial charge in [0, 0.05) is 25.2 Å². The fraction of sp³-hybridized carbons (Fsp3) is 0.562. The van der Waals surface area contributed by atoms with Gasteiger partial charge in [0.05, 0.1) is 11.5 Å². The topological polar surface area (TPSA) is 66.5 Å². The van der Waals surface area contributed by atoms with E-state index in [-0.39, 0.29) is 36.4 Å². The Morgan fingerprint density at radius 3 is 2.74 bits per heavy atom. The highest BCUT2D eigenvalue weighted by Crippen LogP contribution is 2.40. The summed E-state index contributed by atoms with van der Waals surface area (Å²) in [6.07, 6.45) is 2.68. The highest BCUT2D eigenvalue weighted by molar-refractivity contribution is 7.91. The Morgan fingerprint density at radius 1 is 1.26 bits per heavy atom. The van der Waals surface area contributed by atoms with Crippen molar-refractivity contribution in [2.75, 3.05) is 24.6 Å². The number of nitrogens with one attached hydrogen (secondary N) is 1. The Labute approximate surface area is 135 Å². The van der Waals surface area contributed by atoms with Gasteiger partial charge < -0.3 is 10.2 Å². The maximum atomic E-state index is 14.1. The van der Waals surface area contributed by atoms with Gasteiger partial charge in [0.15, 0.2) is 9.84 Å². The summed E-state index contributed by atoms with van der Waals surface area (Å²) in [5.74, 6) is 0.305. The fourth-order valence-corrected chi connectivity index (χ4v) is 4.07. The molecule has 1 aromatic carbocycles. The Morgan fingerprint density at radius 2 is 2.04 bits per heavy atom. The van der Waals surface area contributed by atoms with Crippen LogP contribution in [0.15, 0.2) is 18.2 Å². The van der Waals surface area contributed by atoms with Crippen molar-refractivity contribution in [3.05, 3.63) is 35.1 Å². The predicted octanol–water partition coefficient (Wildman–Crippen LogP) is 2.03. The summed E-state index contributed by atoms with van der Waals surface area (Å²) in [7, 11) is -3.05. The fourth-order valence-electron chi connectivity index (χ4n) is 2.80. The first-order valence-electron chi connectivity index (χ1n) is 7.96. The zero-order valence-corrected chi connectivity index (χ0v) is 13.7. The van der Waals surface area contributed by atoms with Gasteiger partial charge in [0.25, 0.3) is 0 Å². The number of benzene rings is 1. The largest absolute Gasteiger partial charge is 0.334 e. The van der Waals surface area contributed by atoms with E-state index in [2.05, 4.69) is 5.32 Å². The smallest absolute Gasteiger partial charge is 0.317 e. The number of carbonyl (C=O) groups is 1. The molecule has 3 rings (SSSR count). The second-order valence-electron chi connectivity index (χ2n) is 6.28. The van der Waals surface area contributed by atoms with Crippen molar-refractivity contribution >= 4 is 15.9 Å². The van der Waals surface area contributed by atoms with Gasteiger partial charge in [0.2, 0.25) is 0 Å². The van der Waals surface area contributed by atoms with Crippen LogP contribution < -0.4 is 5.32 Å². The van der Waals surface area contributed by atoms with E-state index < -0.39 is 9.84 Å². The van der Waals surface area contributed by atoms with Crippen molar-refractivity contribution in [3.63, 3.8) is 0 Å². The van der Waals surface area contributed by atoms with E-state index in [1.54, 1.807) is 12.1 Å². The highest BCUT2D eigenvalue weighted by Gasteiger charge is 2.25. The van der Waals surface area contributed by atoms with Crippen LogP contribution in [0.25, 0.3) is 0 Å². The van der Waals surface area contributed by atoms with Gasteiger partial charge in [0.1, 0.15) is 5.82 Å². The maximum absolute atomic E-state index is 14.1. The van der Waals surface area contributed by atoms with Crippen LogP contribution in [0.4, 0.5) is 9.18 Å². The molecule has 2 amide bonds. The summed E-state index contributed by atoms with van der Waals surface area (Å²) in [5, 5.41) is 2.68. The summed E-state index contributed by atoms with van der Waals surface area (Å²) in [5.41, 5.74) is 1.47. The summed E-state index contributed by atoms with van der Waals surface area (Å²) in [4.78, 5) is 13.6. The van der Waals surface area contributed by atoms with Gasteiger partial charge in [-0.25, -0.2) is 17.6 Å². The molecule has 0 radical (unpaired) electrons. The Bertz CT molecular complexity index is 701. The van der Waals surface area contributed by atoms with Crippen LogP contribution in [0, 0.1) is 5.82 Å². The first-order valence-corrected chi connectivity index (χ1v) is 9.78. The van der Waals surface area contributed by atoms with Crippen LogP contribution in [-0.2, 0) is 16.4 Å². The molecule has 0 aromatic heterocycles. The SMILES string of the molecule is O=C(NCc1ccc(C2CC2)cc1F)N1CCCS(=O)(=O)CC1. The van der Waals surface area contributed by atoms with Crippen molar-refractivity contribution in [3.8, 4) is 0 Å². The molecule has 2 aliphatic rings. The molecule has 1 heterocycles. The number of carbonyl (C=O) groups excluding carboxylic acids is 1. The van der Waals surface area contributed by atoms with E-state index in [1.165, 1.54) is 4.90 Å². The number of amides is 2. The number of rotatable bonds is 3. The van der Waals surface area contributed by atoms with Crippen molar-refractivity contribution in [2.45, 2.75) is 31.7 Å². The first kappa shape index (κ1) is 16.2. The van der Waals surface area contributed by atoms with Crippen LogP contribution in [0.1, 0.15) is 36.3 Å². The van der Waals surface area contributed by atoms with Crippen molar-refractivity contribution in [1.29, 1.82) is 0 Å². The molecule has 0 bridgehead atoms. The van der Waals surface area contributed by atoms with Gasteiger partial charge >= 0.3 is 6.03 Å². The van der Waals surface area contributed by atoms with E-state index in [0.717, 1.165) is 18.4 Å². The molecule has 1 aliphatic carbocycles. The van der Waals surface area contributed by atoms with Crippen LogP contribution in [0.3, 0.4) is 0 Å². The van der Waals surface area contributed by atoms with Gasteiger partial charge in [-0.2, -0.15) is 0 Å². The molecule has 23 heavy (non-hydrogen) atoms. The van der Waals surface area contributed by atoms with Gasteiger partial charge in [-0.15, -0.1) is 0 Å². The van der Waals surface area contributed by atoms with Crippen molar-refractivity contribution in [1.82, 2.24) is 10.2 Å². The van der Waals surface area contributed by atoms with Crippen LogP contribution in [0.2, 0.25) is 0 Å². The number of sulfone groups is 1. The third-order valence-electron chi connectivity index (χ3n) is 4.40. The normalized spacial score (nSPS) is 20.8. The second-order valence-corrected chi connectivity index (χ2v) is 8.58. The minimum Gasteiger partial charge on any atom is -0.334 e. The summed E-state index contributed by atoms with van der Waals surface area (Å²) >= 11 is 0. The first-order chi connectivity index (χ1) is 10.9. The van der Waals surface area contributed by atoms with E-state index in [4.69, 9.17) is 0 Å². The lowest BCUT2D eigenvalue weighted by Gasteiger charge is -2.20. The van der Waals surface area contributed by atoms with Crippen molar-refractivity contribution < 1.29 is 17.6 Å². The molecule has 1 saturated heterocycles. The number of nitrogens with zero attached hydrogens (tertiary/aromatic N) is 1. The molecule has 0 spiro atoms. The zero-order valence-electron chi connectivity index (χ0n) is 12.9. The lowest BCUT2D eigenvalue weighted by molar-refractivity contribution is 0.201. The molecule has 0 atom stereocenters. The molecule has 2 fully saturated rings. The number of hydrogen-bond donors (Lipinski definition) is 1. The molecular formula is C16H21FN2O3S. The van der Waals surface area contributed by atoms with E-state index >= 15 is 0 Å². The lowest BCUT2D eigenvalue weighted by Crippen LogP contribution is -2.41. The monoisotopic (exact) mass is 340 g/mol. The van der Waals surface area contributed by atoms with Gasteiger partial charge in [-0.3, -0.25) is 0 Å². The number of hydrogen-bond acceptors (Lipinski definition) is 3. The molecule has 5 nitrogen and oxygen atoms in total. The van der Waals surface area contributed by atoms with Gasteiger partial charge in [-0.05, 0) is 36.8 Å². The summed E-state index contributed by atoms with van der Waals surface area (Å²) < 4.78 is 37.1. The standard InChI is InChI=1S/C16H21FN2O3S/c17-15-10-13(12-2-3-12)4-5-14(15)11-18-16(20)19-6-1-8-23(21,22)9-7-19/h4-5,10,12H,1-3,6-9,11H2,(H,18,20). The second kappa shape index (κ2) is 6.47. The Kier molecular flexibility index (Phi) is 4.57. The van der Waals surface area contributed by atoms with Crippen LogP contribution in [-0.4, -0.2) is 43.9 Å². The molecule has 1 N–H and O–H groups in total. The van der Waals surface area contributed by atoms with Crippen molar-refractivity contribution in [2.24, 2.45) is 0 Å². The lowest BCUT2D eigenvalue weighted by atomic mass is 10.1. The number of urea groups is 1. The van der Waals surface area contributed by atoms with E-state index in [0.29, 0.717) is 24.4 Å². The minimum atomic E-state index is -3.05. The molecule has 126 valence electrons. The van der Waals surface area contributed by atoms with E-state index in [9.17, 15) is 17.6 Å². The summed E-state index contributed by atoms with van der Waals surface area (Å²) in [6.45, 7) is 0.713. The third-order valence-corrected chi connectivity index (χ3v) is 6.11. The molecule has 7 heteroatoms. The molecular weight excluding hydrogens is 319 g/mol. The van der Waals surface area contributed by atoms with Crippen LogP contribution >= 0.6 is 0 Å². The third kappa shape index (κ3) is 4.22. The molecule has 0 unspecified atom stereocenters.